The van der Waals surface area contributed by atoms with E-state index in [2.05, 4.69) is 31.5 Å². The normalized spacial score (nSPS) is 10.1. The van der Waals surface area contributed by atoms with E-state index in [0.717, 1.165) is 4.47 Å². The van der Waals surface area contributed by atoms with Gasteiger partial charge < -0.3 is 10.6 Å². The summed E-state index contributed by atoms with van der Waals surface area (Å²) in [6.45, 7) is 0. The Hall–Kier alpha value is -2.99. The van der Waals surface area contributed by atoms with Crippen LogP contribution in [0.3, 0.4) is 0 Å². The molecule has 25 heavy (non-hydrogen) atoms. The molecule has 0 aliphatic rings. The number of carbonyl (C=O) groups excluding carboxylic acids is 2. The summed E-state index contributed by atoms with van der Waals surface area (Å²) < 4.78 is 0.926. The third-order valence-electron chi connectivity index (χ3n) is 3.45. The highest BCUT2D eigenvalue weighted by molar-refractivity contribution is 9.10. The number of aromatic nitrogens is 1. The highest BCUT2D eigenvalue weighted by Crippen LogP contribution is 2.19. The van der Waals surface area contributed by atoms with Crippen molar-refractivity contribution in [3.63, 3.8) is 0 Å². The molecule has 2 N–H and O–H groups in total. The van der Waals surface area contributed by atoms with Crippen molar-refractivity contribution in [2.75, 3.05) is 10.6 Å². The minimum atomic E-state index is -0.322. The lowest BCUT2D eigenvalue weighted by atomic mass is 10.1. The highest BCUT2D eigenvalue weighted by Gasteiger charge is 2.14. The molecular weight excluding hydrogens is 382 g/mol. The number of pyridine rings is 1. The van der Waals surface area contributed by atoms with Crippen LogP contribution in [0, 0.1) is 0 Å². The molecule has 124 valence electrons. The summed E-state index contributed by atoms with van der Waals surface area (Å²) in [5.74, 6) is -0.624. The van der Waals surface area contributed by atoms with Gasteiger partial charge in [0, 0.05) is 22.6 Å². The Bertz CT molecular complexity index is 896. The Kier molecular flexibility index (Phi) is 5.20. The van der Waals surface area contributed by atoms with Crippen LogP contribution in [0.5, 0.6) is 0 Å². The summed E-state index contributed by atoms with van der Waals surface area (Å²) in [5.41, 5.74) is 1.90. The van der Waals surface area contributed by atoms with Crippen LogP contribution in [0.25, 0.3) is 0 Å². The van der Waals surface area contributed by atoms with Gasteiger partial charge >= 0.3 is 0 Å². The molecule has 0 fully saturated rings. The molecule has 0 spiro atoms. The molecule has 6 heteroatoms. The molecule has 0 aliphatic carbocycles. The van der Waals surface area contributed by atoms with Crippen LogP contribution in [-0.4, -0.2) is 16.8 Å². The fraction of sp³-hybridized carbons (Fsp3) is 0. The minimum absolute atomic E-state index is 0.301. The fourth-order valence-electron chi connectivity index (χ4n) is 2.21. The van der Waals surface area contributed by atoms with E-state index in [-0.39, 0.29) is 11.8 Å². The van der Waals surface area contributed by atoms with Crippen LogP contribution in [0.2, 0.25) is 0 Å². The smallest absolute Gasteiger partial charge is 0.257 e. The lowest BCUT2D eigenvalue weighted by Crippen LogP contribution is -2.18. The summed E-state index contributed by atoms with van der Waals surface area (Å²) in [4.78, 5) is 28.8. The molecule has 0 saturated heterocycles. The van der Waals surface area contributed by atoms with E-state index in [9.17, 15) is 9.59 Å². The molecule has 0 saturated carbocycles. The Labute approximate surface area is 153 Å². The number of benzene rings is 2. The van der Waals surface area contributed by atoms with Crippen molar-refractivity contribution in [2.24, 2.45) is 0 Å². The van der Waals surface area contributed by atoms with Crippen molar-refractivity contribution in [2.45, 2.75) is 0 Å². The van der Waals surface area contributed by atoms with Crippen molar-refractivity contribution in [1.29, 1.82) is 0 Å². The first-order valence-corrected chi connectivity index (χ1v) is 8.30. The first kappa shape index (κ1) is 16.9. The molecule has 0 aliphatic heterocycles. The standard InChI is InChI=1S/C19H14BrN3O2/c20-14-7-9-15(10-8-14)22-19(25)16-5-1-2-6-17(16)23-18(24)13-4-3-11-21-12-13/h1-12H,(H,22,25)(H,23,24). The van der Waals surface area contributed by atoms with Crippen molar-refractivity contribution >= 4 is 39.1 Å². The topological polar surface area (TPSA) is 71.1 Å². The van der Waals surface area contributed by atoms with Crippen LogP contribution in [0.15, 0.2) is 77.5 Å². The first-order valence-electron chi connectivity index (χ1n) is 7.51. The number of anilines is 2. The summed E-state index contributed by atoms with van der Waals surface area (Å²) in [5, 5.41) is 5.57. The second kappa shape index (κ2) is 7.72. The van der Waals surface area contributed by atoms with Crippen LogP contribution < -0.4 is 10.6 Å². The summed E-state index contributed by atoms with van der Waals surface area (Å²) >= 11 is 3.35. The van der Waals surface area contributed by atoms with Gasteiger partial charge in [0.15, 0.2) is 0 Å². The van der Waals surface area contributed by atoms with Gasteiger partial charge in [-0.15, -0.1) is 0 Å². The number of carbonyl (C=O) groups is 2. The van der Waals surface area contributed by atoms with E-state index in [1.807, 2.05) is 12.1 Å². The third kappa shape index (κ3) is 4.30. The molecule has 1 aromatic heterocycles. The monoisotopic (exact) mass is 395 g/mol. The lowest BCUT2D eigenvalue weighted by molar-refractivity contribution is 0.102. The average Bonchev–Trinajstić information content (AvgIpc) is 2.64. The van der Waals surface area contributed by atoms with E-state index in [1.54, 1.807) is 54.7 Å². The minimum Gasteiger partial charge on any atom is -0.322 e. The first-order chi connectivity index (χ1) is 12.1. The number of halogens is 1. The molecule has 2 aromatic carbocycles. The fourth-order valence-corrected chi connectivity index (χ4v) is 2.48. The van der Waals surface area contributed by atoms with Crippen LogP contribution in [0.4, 0.5) is 11.4 Å². The average molecular weight is 396 g/mol. The number of hydrogen-bond acceptors (Lipinski definition) is 3. The Balaban J connectivity index is 1.79. The number of amides is 2. The van der Waals surface area contributed by atoms with Crippen LogP contribution in [0.1, 0.15) is 20.7 Å². The summed E-state index contributed by atoms with van der Waals surface area (Å²) in [6.07, 6.45) is 3.07. The molecule has 0 unspecified atom stereocenters. The molecule has 3 aromatic rings. The van der Waals surface area contributed by atoms with Crippen LogP contribution in [-0.2, 0) is 0 Å². The van der Waals surface area contributed by atoms with E-state index in [4.69, 9.17) is 0 Å². The highest BCUT2D eigenvalue weighted by atomic mass is 79.9. The van der Waals surface area contributed by atoms with Crippen molar-refractivity contribution < 1.29 is 9.59 Å². The van der Waals surface area contributed by atoms with Gasteiger partial charge in [0.25, 0.3) is 11.8 Å². The number of hydrogen-bond donors (Lipinski definition) is 2. The second-order valence-electron chi connectivity index (χ2n) is 5.20. The predicted molar refractivity (Wildman–Crippen MR) is 101 cm³/mol. The third-order valence-corrected chi connectivity index (χ3v) is 3.97. The summed E-state index contributed by atoms with van der Waals surface area (Å²) in [7, 11) is 0. The van der Waals surface area contributed by atoms with E-state index < -0.39 is 0 Å². The SMILES string of the molecule is O=C(Nc1ccccc1C(=O)Nc1ccc(Br)cc1)c1cccnc1. The maximum absolute atomic E-state index is 12.6. The maximum atomic E-state index is 12.6. The molecule has 0 atom stereocenters. The summed E-state index contributed by atoms with van der Waals surface area (Å²) in [6, 6.07) is 17.5. The lowest BCUT2D eigenvalue weighted by Gasteiger charge is -2.11. The van der Waals surface area contributed by atoms with Gasteiger partial charge in [0.2, 0.25) is 0 Å². The number of rotatable bonds is 4. The molecule has 2 amide bonds. The largest absolute Gasteiger partial charge is 0.322 e. The molecule has 3 rings (SSSR count). The van der Waals surface area contributed by atoms with Crippen LogP contribution >= 0.6 is 15.9 Å². The van der Waals surface area contributed by atoms with Gasteiger partial charge in [-0.25, -0.2) is 0 Å². The molecule has 0 radical (unpaired) electrons. The Morgan fingerprint density at radius 3 is 2.32 bits per heavy atom. The zero-order valence-electron chi connectivity index (χ0n) is 13.1. The van der Waals surface area contributed by atoms with Crippen molar-refractivity contribution in [1.82, 2.24) is 4.98 Å². The van der Waals surface area contributed by atoms with Gasteiger partial charge in [-0.05, 0) is 48.5 Å². The van der Waals surface area contributed by atoms with Gasteiger partial charge in [0.05, 0.1) is 16.8 Å². The zero-order valence-corrected chi connectivity index (χ0v) is 14.7. The van der Waals surface area contributed by atoms with E-state index in [1.165, 1.54) is 6.20 Å². The zero-order chi connectivity index (χ0) is 17.6. The van der Waals surface area contributed by atoms with Crippen molar-refractivity contribution in [3.05, 3.63) is 88.7 Å². The maximum Gasteiger partial charge on any atom is 0.257 e. The molecular formula is C19H14BrN3O2. The Morgan fingerprint density at radius 1 is 0.840 bits per heavy atom. The quantitative estimate of drug-likeness (QED) is 0.689. The predicted octanol–water partition coefficient (Wildman–Crippen LogP) is 4.35. The van der Waals surface area contributed by atoms with Crippen molar-refractivity contribution in [3.8, 4) is 0 Å². The van der Waals surface area contributed by atoms with E-state index >= 15 is 0 Å². The molecule has 1 heterocycles. The number of nitrogens with one attached hydrogen (secondary N) is 2. The second-order valence-corrected chi connectivity index (χ2v) is 6.12. The Morgan fingerprint density at radius 2 is 1.60 bits per heavy atom. The number of nitrogens with zero attached hydrogens (tertiary/aromatic N) is 1. The molecule has 0 bridgehead atoms. The molecule has 5 nitrogen and oxygen atoms in total. The number of para-hydroxylation sites is 1. The van der Waals surface area contributed by atoms with Gasteiger partial charge in [-0.2, -0.15) is 0 Å². The van der Waals surface area contributed by atoms with Gasteiger partial charge in [0.1, 0.15) is 0 Å². The van der Waals surface area contributed by atoms with E-state index in [0.29, 0.717) is 22.5 Å². The van der Waals surface area contributed by atoms with Gasteiger partial charge in [-0.3, -0.25) is 14.6 Å². The van der Waals surface area contributed by atoms with Gasteiger partial charge in [-0.1, -0.05) is 28.1 Å².